The van der Waals surface area contributed by atoms with E-state index < -0.39 is 5.82 Å². The third-order valence-corrected chi connectivity index (χ3v) is 4.40. The Morgan fingerprint density at radius 2 is 2.07 bits per heavy atom. The highest BCUT2D eigenvalue weighted by Crippen LogP contribution is 2.30. The number of aromatic nitrogens is 2. The predicted octanol–water partition coefficient (Wildman–Crippen LogP) is 3.14. The molecule has 1 aliphatic carbocycles. The maximum atomic E-state index is 14.0. The van der Waals surface area contributed by atoms with E-state index in [1.165, 1.54) is 0 Å². The summed E-state index contributed by atoms with van der Waals surface area (Å²) in [6.45, 7) is 3.72. The minimum absolute atomic E-state index is 0.0263. The summed E-state index contributed by atoms with van der Waals surface area (Å²) in [4.78, 5) is 20.0. The second kappa shape index (κ2) is 8.30. The molecular weight excluding hydrogens is 349 g/mol. The summed E-state index contributed by atoms with van der Waals surface area (Å²) >= 11 is 0. The van der Waals surface area contributed by atoms with Crippen molar-refractivity contribution >= 4 is 29.0 Å². The lowest BCUT2D eigenvalue weighted by molar-refractivity contribution is -0.117. The molecule has 0 bridgehead atoms. The summed E-state index contributed by atoms with van der Waals surface area (Å²) in [5, 5.41) is 18.2. The fraction of sp³-hybridized carbons (Fsp3) is 0.421. The van der Waals surface area contributed by atoms with Gasteiger partial charge in [-0.05, 0) is 37.0 Å². The summed E-state index contributed by atoms with van der Waals surface area (Å²) < 4.78 is 14.0. The van der Waals surface area contributed by atoms with Crippen LogP contribution in [0.2, 0.25) is 0 Å². The third-order valence-electron chi connectivity index (χ3n) is 4.40. The molecule has 1 fully saturated rings. The number of rotatable bonds is 8. The molecular formula is C19H24FN5O2. The lowest BCUT2D eigenvalue weighted by atomic mass is 10.1. The molecule has 144 valence electrons. The zero-order chi connectivity index (χ0) is 19.4. The summed E-state index contributed by atoms with van der Waals surface area (Å²) in [5.41, 5.74) is 1.35. The van der Waals surface area contributed by atoms with Crippen molar-refractivity contribution in [1.82, 2.24) is 9.97 Å². The first kappa shape index (κ1) is 19.0. The van der Waals surface area contributed by atoms with E-state index in [-0.39, 0.29) is 42.2 Å². The topological polar surface area (TPSA) is 99.2 Å². The number of nitrogens with one attached hydrogen (secondary N) is 3. The van der Waals surface area contributed by atoms with E-state index in [9.17, 15) is 14.3 Å². The van der Waals surface area contributed by atoms with E-state index in [1.807, 2.05) is 13.8 Å². The van der Waals surface area contributed by atoms with E-state index in [1.54, 1.807) is 24.3 Å². The van der Waals surface area contributed by atoms with Gasteiger partial charge in [0.2, 0.25) is 11.9 Å². The van der Waals surface area contributed by atoms with Gasteiger partial charge in [0.15, 0.2) is 11.6 Å². The van der Waals surface area contributed by atoms with E-state index in [0.717, 1.165) is 19.0 Å². The van der Waals surface area contributed by atoms with Crippen molar-refractivity contribution in [2.24, 2.45) is 11.8 Å². The fourth-order valence-corrected chi connectivity index (χ4v) is 2.52. The second-order valence-corrected chi connectivity index (χ2v) is 7.04. The van der Waals surface area contributed by atoms with Crippen molar-refractivity contribution in [2.45, 2.75) is 32.7 Å². The molecule has 1 atom stereocenters. The Balaban J connectivity index is 1.71. The monoisotopic (exact) mass is 373 g/mol. The highest BCUT2D eigenvalue weighted by atomic mass is 19.1. The molecule has 3 rings (SSSR count). The van der Waals surface area contributed by atoms with Gasteiger partial charge >= 0.3 is 0 Å². The van der Waals surface area contributed by atoms with Crippen LogP contribution in [0.15, 0.2) is 30.5 Å². The van der Waals surface area contributed by atoms with Crippen molar-refractivity contribution in [3.63, 3.8) is 0 Å². The van der Waals surface area contributed by atoms with Gasteiger partial charge in [0.25, 0.3) is 0 Å². The van der Waals surface area contributed by atoms with Gasteiger partial charge in [0.1, 0.15) is 0 Å². The van der Waals surface area contributed by atoms with Crippen LogP contribution in [0.4, 0.5) is 27.5 Å². The number of hydrogen-bond acceptors (Lipinski definition) is 6. The quantitative estimate of drug-likeness (QED) is 0.567. The number of aliphatic hydroxyl groups is 1. The van der Waals surface area contributed by atoms with Crippen LogP contribution in [0.3, 0.4) is 0 Å². The average molecular weight is 373 g/mol. The first-order valence-corrected chi connectivity index (χ1v) is 9.04. The number of carbonyl (C=O) groups excluding carboxylic acids is 1. The van der Waals surface area contributed by atoms with Gasteiger partial charge in [-0.2, -0.15) is 4.98 Å². The molecule has 0 unspecified atom stereocenters. The molecule has 1 aromatic carbocycles. The van der Waals surface area contributed by atoms with Gasteiger partial charge < -0.3 is 21.1 Å². The molecule has 0 aliphatic heterocycles. The van der Waals surface area contributed by atoms with Crippen LogP contribution in [-0.2, 0) is 4.79 Å². The van der Waals surface area contributed by atoms with Crippen LogP contribution in [0.5, 0.6) is 0 Å². The molecule has 0 radical (unpaired) electrons. The van der Waals surface area contributed by atoms with Gasteiger partial charge in [-0.25, -0.2) is 9.37 Å². The van der Waals surface area contributed by atoms with Crippen LogP contribution in [0.25, 0.3) is 0 Å². The Hall–Kier alpha value is -2.74. The normalized spacial score (nSPS) is 14.7. The number of anilines is 4. The van der Waals surface area contributed by atoms with Crippen molar-refractivity contribution in [3.8, 4) is 0 Å². The van der Waals surface area contributed by atoms with E-state index in [4.69, 9.17) is 0 Å². The summed E-state index contributed by atoms with van der Waals surface area (Å²) in [5.74, 6) is -0.0994. The highest BCUT2D eigenvalue weighted by molar-refractivity contribution is 5.94. The number of benzene rings is 1. The zero-order valence-electron chi connectivity index (χ0n) is 15.4. The third kappa shape index (κ3) is 5.13. The Morgan fingerprint density at radius 1 is 1.33 bits per heavy atom. The Kier molecular flexibility index (Phi) is 5.85. The van der Waals surface area contributed by atoms with Crippen molar-refractivity contribution < 1.29 is 14.3 Å². The Morgan fingerprint density at radius 3 is 2.74 bits per heavy atom. The van der Waals surface area contributed by atoms with Crippen molar-refractivity contribution in [2.75, 3.05) is 22.6 Å². The first-order valence-electron chi connectivity index (χ1n) is 9.04. The van der Waals surface area contributed by atoms with Crippen LogP contribution in [0, 0.1) is 17.7 Å². The SMILES string of the molecule is CC(C)[C@@H](CO)Nc1nc(Nc2cccc(NC(=O)C3CC3)c2)ncc1F. The Bertz CT molecular complexity index is 810. The number of hydrogen-bond donors (Lipinski definition) is 4. The maximum absolute atomic E-state index is 14.0. The van der Waals surface area contributed by atoms with Crippen LogP contribution in [-0.4, -0.2) is 33.6 Å². The fourth-order valence-electron chi connectivity index (χ4n) is 2.52. The van der Waals surface area contributed by atoms with E-state index >= 15 is 0 Å². The van der Waals surface area contributed by atoms with Gasteiger partial charge in [0.05, 0.1) is 18.8 Å². The molecule has 0 saturated heterocycles. The number of halogens is 1. The molecule has 1 aliphatic rings. The lowest BCUT2D eigenvalue weighted by Gasteiger charge is -2.21. The summed E-state index contributed by atoms with van der Waals surface area (Å²) in [7, 11) is 0. The van der Waals surface area contributed by atoms with Crippen LogP contribution >= 0.6 is 0 Å². The zero-order valence-corrected chi connectivity index (χ0v) is 15.4. The minimum Gasteiger partial charge on any atom is -0.394 e. The largest absolute Gasteiger partial charge is 0.394 e. The summed E-state index contributed by atoms with van der Waals surface area (Å²) in [6.07, 6.45) is 2.95. The number of nitrogens with zero attached hydrogens (tertiary/aromatic N) is 2. The number of carbonyl (C=O) groups is 1. The number of aliphatic hydroxyl groups excluding tert-OH is 1. The van der Waals surface area contributed by atoms with Crippen LogP contribution in [0.1, 0.15) is 26.7 Å². The molecule has 1 amide bonds. The molecule has 27 heavy (non-hydrogen) atoms. The average Bonchev–Trinajstić information content (AvgIpc) is 3.47. The van der Waals surface area contributed by atoms with Crippen LogP contribution < -0.4 is 16.0 Å². The molecule has 8 heteroatoms. The van der Waals surface area contributed by atoms with Crippen molar-refractivity contribution in [3.05, 3.63) is 36.3 Å². The number of amides is 1. The second-order valence-electron chi connectivity index (χ2n) is 7.04. The van der Waals surface area contributed by atoms with Crippen molar-refractivity contribution in [1.29, 1.82) is 0 Å². The summed E-state index contributed by atoms with van der Waals surface area (Å²) in [6, 6.07) is 6.86. The minimum atomic E-state index is -0.593. The molecule has 2 aromatic rings. The molecule has 1 saturated carbocycles. The standard InChI is InChI=1S/C19H24FN5O2/c1-11(2)16(10-26)24-17-15(20)9-21-19(25-17)23-14-5-3-4-13(8-14)22-18(27)12-6-7-12/h3-5,8-9,11-12,16,26H,6-7,10H2,1-2H3,(H,22,27)(H2,21,23,24,25)/t16-/m1/s1. The first-order chi connectivity index (χ1) is 13.0. The smallest absolute Gasteiger partial charge is 0.229 e. The lowest BCUT2D eigenvalue weighted by Crippen LogP contribution is -2.30. The van der Waals surface area contributed by atoms with Gasteiger partial charge in [-0.15, -0.1) is 0 Å². The predicted molar refractivity (Wildman–Crippen MR) is 102 cm³/mol. The van der Waals surface area contributed by atoms with E-state index in [2.05, 4.69) is 25.9 Å². The molecule has 0 spiro atoms. The molecule has 7 nitrogen and oxygen atoms in total. The highest BCUT2D eigenvalue weighted by Gasteiger charge is 2.29. The van der Waals surface area contributed by atoms with E-state index in [0.29, 0.717) is 11.4 Å². The van der Waals surface area contributed by atoms with Gasteiger partial charge in [-0.1, -0.05) is 19.9 Å². The Labute approximate surface area is 157 Å². The molecule has 4 N–H and O–H groups in total. The maximum Gasteiger partial charge on any atom is 0.229 e. The van der Waals surface area contributed by atoms with Gasteiger partial charge in [0, 0.05) is 17.3 Å². The molecule has 1 heterocycles. The molecule has 1 aromatic heterocycles. The van der Waals surface area contributed by atoms with Gasteiger partial charge in [-0.3, -0.25) is 4.79 Å².